The Bertz CT molecular complexity index is 804. The predicted octanol–water partition coefficient (Wildman–Crippen LogP) is 4.99. The van der Waals surface area contributed by atoms with Crippen molar-refractivity contribution in [2.45, 2.75) is 0 Å². The van der Waals surface area contributed by atoms with E-state index >= 15 is 0 Å². The Labute approximate surface area is 111 Å². The molecule has 0 amide bonds. The van der Waals surface area contributed by atoms with Crippen molar-refractivity contribution in [3.05, 3.63) is 72.8 Å². The summed E-state index contributed by atoms with van der Waals surface area (Å²) in [6.45, 7) is 0. The van der Waals surface area contributed by atoms with E-state index in [1.807, 2.05) is 6.07 Å². The van der Waals surface area contributed by atoms with E-state index < -0.39 is 0 Å². The molecule has 0 aliphatic rings. The van der Waals surface area contributed by atoms with Crippen LogP contribution >= 0.6 is 0 Å². The Hall–Kier alpha value is -2.54. The van der Waals surface area contributed by atoms with Crippen LogP contribution in [-0.4, -0.2) is 4.98 Å². The van der Waals surface area contributed by atoms with Crippen LogP contribution in [0.5, 0.6) is 0 Å². The van der Waals surface area contributed by atoms with Gasteiger partial charge < -0.3 is 4.98 Å². The van der Waals surface area contributed by atoms with Crippen molar-refractivity contribution in [3.8, 4) is 11.3 Å². The molecule has 1 nitrogen and oxygen atoms in total. The lowest BCUT2D eigenvalue weighted by Crippen LogP contribution is -1.75. The molecule has 0 saturated heterocycles. The molecule has 0 aliphatic carbocycles. The quantitative estimate of drug-likeness (QED) is 0.485. The summed E-state index contributed by atoms with van der Waals surface area (Å²) in [6.07, 6.45) is 0. The van der Waals surface area contributed by atoms with Gasteiger partial charge in [0.25, 0.3) is 0 Å². The maximum absolute atomic E-state index is 3.50. The molecule has 90 valence electrons. The van der Waals surface area contributed by atoms with Gasteiger partial charge in [-0.1, -0.05) is 54.6 Å². The topological polar surface area (TPSA) is 15.8 Å². The molecule has 1 N–H and O–H groups in total. The van der Waals surface area contributed by atoms with Crippen LogP contribution in [0, 0.1) is 0 Å². The standard InChI is InChI=1S/C18H13N/c1-2-6-13(7-3-1)17-12-16-10-14-8-4-5-9-15(14)11-18(16)19-17/h1-12,19H. The number of aromatic amines is 1. The smallest absolute Gasteiger partial charge is 0.0465 e. The van der Waals surface area contributed by atoms with Crippen LogP contribution in [0.4, 0.5) is 0 Å². The Balaban J connectivity index is 1.98. The third-order valence-electron chi connectivity index (χ3n) is 3.57. The van der Waals surface area contributed by atoms with Crippen molar-refractivity contribution in [1.29, 1.82) is 0 Å². The first-order valence-electron chi connectivity index (χ1n) is 6.47. The van der Waals surface area contributed by atoms with E-state index in [4.69, 9.17) is 0 Å². The zero-order chi connectivity index (χ0) is 12.7. The molecule has 0 bridgehead atoms. The predicted molar refractivity (Wildman–Crippen MR) is 81.2 cm³/mol. The van der Waals surface area contributed by atoms with Gasteiger partial charge in [0.1, 0.15) is 0 Å². The van der Waals surface area contributed by atoms with Crippen molar-refractivity contribution in [2.75, 3.05) is 0 Å². The van der Waals surface area contributed by atoms with Gasteiger partial charge in [0, 0.05) is 16.6 Å². The average Bonchev–Trinajstić information content (AvgIpc) is 2.88. The molecule has 0 unspecified atom stereocenters. The summed E-state index contributed by atoms with van der Waals surface area (Å²) in [6, 6.07) is 25.6. The van der Waals surface area contributed by atoms with Gasteiger partial charge in [0.05, 0.1) is 0 Å². The van der Waals surface area contributed by atoms with Gasteiger partial charge in [0.15, 0.2) is 0 Å². The minimum absolute atomic E-state index is 1.17. The number of benzene rings is 3. The fourth-order valence-electron chi connectivity index (χ4n) is 2.60. The molecular formula is C18H13N. The first kappa shape index (κ1) is 10.4. The Morgan fingerprint density at radius 1 is 0.579 bits per heavy atom. The van der Waals surface area contributed by atoms with E-state index in [2.05, 4.69) is 71.7 Å². The number of hydrogen-bond acceptors (Lipinski definition) is 0. The summed E-state index contributed by atoms with van der Waals surface area (Å²) < 4.78 is 0. The third-order valence-corrected chi connectivity index (χ3v) is 3.57. The zero-order valence-electron chi connectivity index (χ0n) is 10.4. The molecule has 0 aliphatic heterocycles. The maximum atomic E-state index is 3.50. The highest BCUT2D eigenvalue weighted by Crippen LogP contribution is 2.27. The number of rotatable bonds is 1. The Morgan fingerprint density at radius 2 is 1.26 bits per heavy atom. The molecule has 1 heteroatoms. The number of hydrogen-bond donors (Lipinski definition) is 1. The van der Waals surface area contributed by atoms with E-state index in [1.165, 1.54) is 32.9 Å². The van der Waals surface area contributed by atoms with E-state index in [0.717, 1.165) is 0 Å². The summed E-state index contributed by atoms with van der Waals surface area (Å²) >= 11 is 0. The zero-order valence-corrected chi connectivity index (χ0v) is 10.4. The molecular weight excluding hydrogens is 230 g/mol. The molecule has 1 aromatic heterocycles. The summed E-state index contributed by atoms with van der Waals surface area (Å²) in [5, 5.41) is 3.82. The number of H-pyrrole nitrogens is 1. The average molecular weight is 243 g/mol. The molecule has 0 spiro atoms. The second-order valence-electron chi connectivity index (χ2n) is 4.84. The van der Waals surface area contributed by atoms with Crippen LogP contribution in [0.25, 0.3) is 32.9 Å². The van der Waals surface area contributed by atoms with E-state index in [1.54, 1.807) is 0 Å². The minimum Gasteiger partial charge on any atom is -0.355 e. The van der Waals surface area contributed by atoms with Gasteiger partial charge in [-0.25, -0.2) is 0 Å². The van der Waals surface area contributed by atoms with Crippen LogP contribution in [0.3, 0.4) is 0 Å². The third kappa shape index (κ3) is 1.71. The number of nitrogens with one attached hydrogen (secondary N) is 1. The van der Waals surface area contributed by atoms with Gasteiger partial charge >= 0.3 is 0 Å². The first-order valence-corrected chi connectivity index (χ1v) is 6.47. The minimum atomic E-state index is 1.17. The lowest BCUT2D eigenvalue weighted by molar-refractivity contribution is 1.46. The highest BCUT2D eigenvalue weighted by Gasteiger charge is 2.04. The van der Waals surface area contributed by atoms with Gasteiger partial charge in [-0.2, -0.15) is 0 Å². The van der Waals surface area contributed by atoms with E-state index in [0.29, 0.717) is 0 Å². The molecule has 19 heavy (non-hydrogen) atoms. The van der Waals surface area contributed by atoms with Gasteiger partial charge in [-0.3, -0.25) is 0 Å². The lowest BCUT2D eigenvalue weighted by atomic mass is 10.1. The molecule has 0 saturated carbocycles. The summed E-state index contributed by atoms with van der Waals surface area (Å²) in [4.78, 5) is 3.50. The monoisotopic (exact) mass is 243 g/mol. The SMILES string of the molecule is c1ccc(-c2cc3cc4ccccc4cc3[nH]2)cc1. The molecule has 4 rings (SSSR count). The number of fused-ring (bicyclic) bond motifs is 2. The molecule has 0 fully saturated rings. The van der Waals surface area contributed by atoms with E-state index in [9.17, 15) is 0 Å². The van der Waals surface area contributed by atoms with Crippen molar-refractivity contribution in [1.82, 2.24) is 4.98 Å². The van der Waals surface area contributed by atoms with Crippen LogP contribution in [0.1, 0.15) is 0 Å². The highest BCUT2D eigenvalue weighted by atomic mass is 14.7. The molecule has 4 aromatic rings. The van der Waals surface area contributed by atoms with Crippen molar-refractivity contribution in [2.24, 2.45) is 0 Å². The van der Waals surface area contributed by atoms with Gasteiger partial charge in [-0.05, 0) is 34.5 Å². The second kappa shape index (κ2) is 3.99. The van der Waals surface area contributed by atoms with Crippen LogP contribution in [-0.2, 0) is 0 Å². The van der Waals surface area contributed by atoms with Gasteiger partial charge in [-0.15, -0.1) is 0 Å². The maximum Gasteiger partial charge on any atom is 0.0465 e. The summed E-state index contributed by atoms with van der Waals surface area (Å²) in [5.74, 6) is 0. The summed E-state index contributed by atoms with van der Waals surface area (Å²) in [7, 11) is 0. The molecule has 1 heterocycles. The van der Waals surface area contributed by atoms with Crippen LogP contribution < -0.4 is 0 Å². The van der Waals surface area contributed by atoms with E-state index in [-0.39, 0.29) is 0 Å². The van der Waals surface area contributed by atoms with Crippen molar-refractivity contribution in [3.63, 3.8) is 0 Å². The highest BCUT2D eigenvalue weighted by molar-refractivity contribution is 5.98. The Morgan fingerprint density at radius 3 is 2.05 bits per heavy atom. The second-order valence-corrected chi connectivity index (χ2v) is 4.84. The molecule has 0 atom stereocenters. The van der Waals surface area contributed by atoms with Gasteiger partial charge in [0.2, 0.25) is 0 Å². The first-order chi connectivity index (χ1) is 9.40. The lowest BCUT2D eigenvalue weighted by Gasteiger charge is -1.97. The van der Waals surface area contributed by atoms with Crippen LogP contribution in [0.2, 0.25) is 0 Å². The number of aromatic nitrogens is 1. The molecule has 0 radical (unpaired) electrons. The fraction of sp³-hybridized carbons (Fsp3) is 0. The molecule has 3 aromatic carbocycles. The largest absolute Gasteiger partial charge is 0.355 e. The summed E-state index contributed by atoms with van der Waals surface area (Å²) in [5.41, 5.74) is 3.59. The van der Waals surface area contributed by atoms with Crippen LogP contribution in [0.15, 0.2) is 72.8 Å². The fourth-order valence-corrected chi connectivity index (χ4v) is 2.60. The Kier molecular flexibility index (Phi) is 2.18. The normalized spacial score (nSPS) is 11.2. The van der Waals surface area contributed by atoms with Crippen molar-refractivity contribution >= 4 is 21.7 Å². The van der Waals surface area contributed by atoms with Crippen molar-refractivity contribution < 1.29 is 0 Å².